The second-order valence-corrected chi connectivity index (χ2v) is 4.88. The molecular formula is C11H18F3NO2. The third-order valence-electron chi connectivity index (χ3n) is 3.37. The van der Waals surface area contributed by atoms with E-state index in [4.69, 9.17) is 0 Å². The largest absolute Gasteiger partial charge is 0.396 e. The van der Waals surface area contributed by atoms with Gasteiger partial charge in [-0.2, -0.15) is 13.2 Å². The van der Waals surface area contributed by atoms with Gasteiger partial charge < -0.3 is 10.0 Å². The van der Waals surface area contributed by atoms with Crippen LogP contribution in [0.4, 0.5) is 13.2 Å². The van der Waals surface area contributed by atoms with E-state index in [1.54, 1.807) is 0 Å². The zero-order chi connectivity index (χ0) is 13.1. The molecule has 0 heterocycles. The van der Waals surface area contributed by atoms with Crippen LogP contribution in [0.5, 0.6) is 0 Å². The predicted octanol–water partition coefficient (Wildman–Crippen LogP) is 1.95. The second kappa shape index (κ2) is 5.25. The van der Waals surface area contributed by atoms with Crippen LogP contribution in [0.3, 0.4) is 0 Å². The zero-order valence-corrected chi connectivity index (χ0v) is 9.89. The molecule has 0 aromatic rings. The van der Waals surface area contributed by atoms with Crippen LogP contribution in [0.2, 0.25) is 0 Å². The maximum Gasteiger partial charge on any atom is 0.389 e. The molecule has 0 aromatic carbocycles. The predicted molar refractivity (Wildman–Crippen MR) is 56.3 cm³/mol. The van der Waals surface area contributed by atoms with Gasteiger partial charge >= 0.3 is 6.18 Å². The van der Waals surface area contributed by atoms with Crippen LogP contribution in [0, 0.1) is 5.41 Å². The first-order valence-corrected chi connectivity index (χ1v) is 5.70. The summed E-state index contributed by atoms with van der Waals surface area (Å²) < 4.78 is 35.9. The van der Waals surface area contributed by atoms with Gasteiger partial charge in [0, 0.05) is 25.4 Å². The van der Waals surface area contributed by atoms with E-state index in [0.29, 0.717) is 6.54 Å². The SMILES string of the molecule is CN(CC1(CO)CCC1)C(=O)CCC(F)(F)F. The van der Waals surface area contributed by atoms with Crippen LogP contribution >= 0.6 is 0 Å². The lowest BCUT2D eigenvalue weighted by Gasteiger charge is -2.42. The van der Waals surface area contributed by atoms with Gasteiger partial charge in [0.1, 0.15) is 0 Å². The molecule has 0 bridgehead atoms. The summed E-state index contributed by atoms with van der Waals surface area (Å²) in [6, 6.07) is 0. The van der Waals surface area contributed by atoms with Crippen LogP contribution in [0.1, 0.15) is 32.1 Å². The fraction of sp³-hybridized carbons (Fsp3) is 0.909. The summed E-state index contributed by atoms with van der Waals surface area (Å²) in [6.45, 7) is 0.337. The van der Waals surface area contributed by atoms with E-state index >= 15 is 0 Å². The van der Waals surface area contributed by atoms with Crippen molar-refractivity contribution < 1.29 is 23.1 Å². The van der Waals surface area contributed by atoms with Gasteiger partial charge in [-0.15, -0.1) is 0 Å². The molecule has 1 rings (SSSR count). The molecule has 0 radical (unpaired) electrons. The zero-order valence-electron chi connectivity index (χ0n) is 9.89. The Morgan fingerprint density at radius 1 is 1.41 bits per heavy atom. The Bertz CT molecular complexity index is 269. The Morgan fingerprint density at radius 2 is 2.00 bits per heavy atom. The first-order valence-electron chi connectivity index (χ1n) is 5.70. The van der Waals surface area contributed by atoms with Gasteiger partial charge in [0.25, 0.3) is 0 Å². The van der Waals surface area contributed by atoms with Crippen molar-refractivity contribution >= 4 is 5.91 Å². The molecule has 0 aliphatic heterocycles. The molecular weight excluding hydrogens is 235 g/mol. The Kier molecular flexibility index (Phi) is 4.41. The average Bonchev–Trinajstić information content (AvgIpc) is 2.18. The summed E-state index contributed by atoms with van der Waals surface area (Å²) in [4.78, 5) is 12.8. The number of nitrogens with zero attached hydrogens (tertiary/aromatic N) is 1. The monoisotopic (exact) mass is 253 g/mol. The van der Waals surface area contributed by atoms with Gasteiger partial charge in [0.2, 0.25) is 5.91 Å². The van der Waals surface area contributed by atoms with Crippen molar-refractivity contribution in [3.63, 3.8) is 0 Å². The normalized spacial score (nSPS) is 18.6. The molecule has 0 unspecified atom stereocenters. The first-order chi connectivity index (χ1) is 7.78. The summed E-state index contributed by atoms with van der Waals surface area (Å²) in [5, 5.41) is 9.21. The van der Waals surface area contributed by atoms with Crippen LogP contribution in [-0.2, 0) is 4.79 Å². The highest BCUT2D eigenvalue weighted by Gasteiger charge is 2.38. The van der Waals surface area contributed by atoms with Gasteiger partial charge in [-0.3, -0.25) is 4.79 Å². The van der Waals surface area contributed by atoms with Gasteiger partial charge in [-0.05, 0) is 12.8 Å². The van der Waals surface area contributed by atoms with E-state index in [9.17, 15) is 23.1 Å². The summed E-state index contributed by atoms with van der Waals surface area (Å²) in [5.74, 6) is -0.512. The Hall–Kier alpha value is -0.780. The van der Waals surface area contributed by atoms with Crippen LogP contribution in [0.15, 0.2) is 0 Å². The highest BCUT2D eigenvalue weighted by molar-refractivity contribution is 5.75. The van der Waals surface area contributed by atoms with Crippen molar-refractivity contribution in [2.45, 2.75) is 38.3 Å². The van der Waals surface area contributed by atoms with E-state index < -0.39 is 24.9 Å². The van der Waals surface area contributed by atoms with Gasteiger partial charge in [-0.1, -0.05) is 6.42 Å². The lowest BCUT2D eigenvalue weighted by molar-refractivity contribution is -0.150. The molecule has 0 atom stereocenters. The van der Waals surface area contributed by atoms with Crippen molar-refractivity contribution in [3.8, 4) is 0 Å². The lowest BCUT2D eigenvalue weighted by Crippen LogP contribution is -2.45. The van der Waals surface area contributed by atoms with Crippen molar-refractivity contribution in [2.24, 2.45) is 5.41 Å². The topological polar surface area (TPSA) is 40.5 Å². The van der Waals surface area contributed by atoms with Gasteiger partial charge in [0.05, 0.1) is 13.0 Å². The molecule has 0 spiro atoms. The van der Waals surface area contributed by atoms with Crippen molar-refractivity contribution in [2.75, 3.05) is 20.2 Å². The minimum Gasteiger partial charge on any atom is -0.396 e. The Morgan fingerprint density at radius 3 is 2.35 bits per heavy atom. The number of halogens is 3. The van der Waals surface area contributed by atoms with Crippen LogP contribution in [-0.4, -0.2) is 42.3 Å². The molecule has 1 aliphatic rings. The van der Waals surface area contributed by atoms with Gasteiger partial charge in [0.15, 0.2) is 0 Å². The Balaban J connectivity index is 2.36. The lowest BCUT2D eigenvalue weighted by atomic mass is 9.69. The number of alkyl halides is 3. The fourth-order valence-electron chi connectivity index (χ4n) is 2.07. The summed E-state index contributed by atoms with van der Waals surface area (Å²) in [7, 11) is 1.49. The molecule has 1 amide bonds. The standard InChI is InChI=1S/C11H18F3NO2/c1-15(7-10(8-16)4-2-5-10)9(17)3-6-11(12,13)14/h16H,2-8H2,1H3. The number of hydrogen-bond acceptors (Lipinski definition) is 2. The molecule has 1 saturated carbocycles. The number of carbonyl (C=O) groups is 1. The molecule has 100 valence electrons. The van der Waals surface area contributed by atoms with E-state index in [-0.39, 0.29) is 12.0 Å². The third kappa shape index (κ3) is 4.18. The molecule has 3 nitrogen and oxygen atoms in total. The third-order valence-corrected chi connectivity index (χ3v) is 3.37. The smallest absolute Gasteiger partial charge is 0.389 e. The highest BCUT2D eigenvalue weighted by Crippen LogP contribution is 2.40. The first kappa shape index (κ1) is 14.3. The van der Waals surface area contributed by atoms with Crippen molar-refractivity contribution in [1.29, 1.82) is 0 Å². The second-order valence-electron chi connectivity index (χ2n) is 4.88. The summed E-state index contributed by atoms with van der Waals surface area (Å²) in [6.07, 6.45) is -3.21. The molecule has 0 saturated heterocycles. The van der Waals surface area contributed by atoms with Crippen LogP contribution < -0.4 is 0 Å². The van der Waals surface area contributed by atoms with E-state index in [1.807, 2.05) is 0 Å². The number of hydrogen-bond donors (Lipinski definition) is 1. The fourth-order valence-corrected chi connectivity index (χ4v) is 2.07. The molecule has 1 aliphatic carbocycles. The quantitative estimate of drug-likeness (QED) is 0.813. The summed E-state index contributed by atoms with van der Waals surface area (Å²) >= 11 is 0. The van der Waals surface area contributed by atoms with Crippen molar-refractivity contribution in [1.82, 2.24) is 4.90 Å². The highest BCUT2D eigenvalue weighted by atomic mass is 19.4. The molecule has 1 N–H and O–H groups in total. The number of aliphatic hydroxyl groups is 1. The number of carbonyl (C=O) groups excluding carboxylic acids is 1. The minimum absolute atomic E-state index is 0.0100. The van der Waals surface area contributed by atoms with Gasteiger partial charge in [-0.25, -0.2) is 0 Å². The number of aliphatic hydroxyl groups excluding tert-OH is 1. The Labute approximate surface area is 98.6 Å². The van der Waals surface area contributed by atoms with Crippen LogP contribution in [0.25, 0.3) is 0 Å². The molecule has 6 heteroatoms. The number of amides is 1. The van der Waals surface area contributed by atoms with E-state index in [0.717, 1.165) is 19.3 Å². The molecule has 17 heavy (non-hydrogen) atoms. The maximum atomic E-state index is 12.0. The number of rotatable bonds is 5. The van der Waals surface area contributed by atoms with Crippen molar-refractivity contribution in [3.05, 3.63) is 0 Å². The molecule has 0 aromatic heterocycles. The minimum atomic E-state index is -4.29. The average molecular weight is 253 g/mol. The molecule has 1 fully saturated rings. The van der Waals surface area contributed by atoms with E-state index in [2.05, 4.69) is 0 Å². The summed E-state index contributed by atoms with van der Waals surface area (Å²) in [5.41, 5.74) is -0.275. The van der Waals surface area contributed by atoms with E-state index in [1.165, 1.54) is 11.9 Å². The maximum absolute atomic E-state index is 12.0.